The van der Waals surface area contributed by atoms with E-state index in [9.17, 15) is 14.7 Å². The van der Waals surface area contributed by atoms with E-state index in [4.69, 9.17) is 9.47 Å². The van der Waals surface area contributed by atoms with Crippen molar-refractivity contribution < 1.29 is 24.2 Å². The summed E-state index contributed by atoms with van der Waals surface area (Å²) in [5, 5.41) is 10.3. The van der Waals surface area contributed by atoms with Crippen LogP contribution in [0.5, 0.6) is 11.5 Å². The van der Waals surface area contributed by atoms with E-state index in [1.54, 1.807) is 19.1 Å². The standard InChI is InChI=1S/C26H32N2O5/c1-4-12-27(2)23(29)16-28-15-21(18-7-10-22-19(14-18)11-13-33-22)24(26(30)31)25(28)17-5-8-20(32-3)9-6-17/h5-10,14,21,24-25H,4,11-13,15-16H2,1-3H3,(H,30,31)/t21-,24+,25-/m1/s1. The highest BCUT2D eigenvalue weighted by Gasteiger charge is 2.48. The number of carboxylic acid groups (broad SMARTS) is 1. The van der Waals surface area contributed by atoms with Crippen molar-refractivity contribution in [2.45, 2.75) is 31.7 Å². The topological polar surface area (TPSA) is 79.3 Å². The summed E-state index contributed by atoms with van der Waals surface area (Å²) in [5.41, 5.74) is 2.98. The lowest BCUT2D eigenvalue weighted by Gasteiger charge is -2.28. The van der Waals surface area contributed by atoms with Crippen LogP contribution >= 0.6 is 0 Å². The van der Waals surface area contributed by atoms with Crippen LogP contribution in [0.3, 0.4) is 0 Å². The van der Waals surface area contributed by atoms with E-state index >= 15 is 0 Å². The van der Waals surface area contributed by atoms with Crippen molar-refractivity contribution in [3.05, 3.63) is 59.2 Å². The van der Waals surface area contributed by atoms with Gasteiger partial charge in [0, 0.05) is 38.5 Å². The lowest BCUT2D eigenvalue weighted by Crippen LogP contribution is -2.39. The molecule has 0 saturated carbocycles. The Labute approximate surface area is 194 Å². The van der Waals surface area contributed by atoms with E-state index in [-0.39, 0.29) is 18.4 Å². The summed E-state index contributed by atoms with van der Waals surface area (Å²) < 4.78 is 10.9. The molecule has 7 nitrogen and oxygen atoms in total. The average Bonchev–Trinajstić information content (AvgIpc) is 3.43. The van der Waals surface area contributed by atoms with Gasteiger partial charge in [0.2, 0.25) is 5.91 Å². The number of carbonyl (C=O) groups excluding carboxylic acids is 1. The number of benzene rings is 2. The summed E-state index contributed by atoms with van der Waals surface area (Å²) in [6, 6.07) is 13.1. The van der Waals surface area contributed by atoms with Gasteiger partial charge in [-0.1, -0.05) is 31.2 Å². The number of methoxy groups -OCH3 is 1. The van der Waals surface area contributed by atoms with Crippen LogP contribution in [-0.4, -0.2) is 67.2 Å². The predicted octanol–water partition coefficient (Wildman–Crippen LogP) is 3.34. The third-order valence-electron chi connectivity index (χ3n) is 6.81. The Morgan fingerprint density at radius 2 is 1.91 bits per heavy atom. The first-order chi connectivity index (χ1) is 15.9. The molecule has 3 atom stereocenters. The number of nitrogens with zero attached hydrogens (tertiary/aromatic N) is 2. The number of amides is 1. The molecule has 0 aromatic heterocycles. The molecule has 0 unspecified atom stereocenters. The Bertz CT molecular complexity index is 1010. The SMILES string of the molecule is CCCN(C)C(=O)CN1C[C@H](c2ccc3c(c2)CCO3)[C@H](C(=O)O)[C@H]1c1ccc(OC)cc1. The van der Waals surface area contributed by atoms with Crippen molar-refractivity contribution in [3.63, 3.8) is 0 Å². The van der Waals surface area contributed by atoms with E-state index in [1.165, 1.54) is 0 Å². The predicted molar refractivity (Wildman–Crippen MR) is 125 cm³/mol. The molecule has 0 aliphatic carbocycles. The minimum atomic E-state index is -0.852. The van der Waals surface area contributed by atoms with Crippen LogP contribution in [-0.2, 0) is 16.0 Å². The molecule has 2 aromatic carbocycles. The molecule has 1 N–H and O–H groups in total. The first kappa shape index (κ1) is 23.1. The van der Waals surface area contributed by atoms with Crippen LogP contribution < -0.4 is 9.47 Å². The maximum absolute atomic E-state index is 12.9. The summed E-state index contributed by atoms with van der Waals surface area (Å²) >= 11 is 0. The normalized spacial score (nSPS) is 22.0. The molecule has 2 aliphatic rings. The number of rotatable bonds is 8. The zero-order valence-electron chi connectivity index (χ0n) is 19.5. The van der Waals surface area contributed by atoms with Crippen LogP contribution in [0.25, 0.3) is 0 Å². The van der Waals surface area contributed by atoms with Crippen molar-refractivity contribution in [2.75, 3.05) is 40.4 Å². The molecule has 0 radical (unpaired) electrons. The lowest BCUT2D eigenvalue weighted by atomic mass is 9.82. The molecular weight excluding hydrogens is 420 g/mol. The van der Waals surface area contributed by atoms with Gasteiger partial charge in [0.05, 0.1) is 26.2 Å². The first-order valence-electron chi connectivity index (χ1n) is 11.5. The molecule has 7 heteroatoms. The Hall–Kier alpha value is -3.06. The molecule has 2 heterocycles. The minimum Gasteiger partial charge on any atom is -0.497 e. The summed E-state index contributed by atoms with van der Waals surface area (Å²) in [6.45, 7) is 4.05. The number of likely N-dealkylation sites (N-methyl/N-ethyl adjacent to an activating group) is 1. The van der Waals surface area contributed by atoms with E-state index in [0.29, 0.717) is 25.4 Å². The zero-order valence-corrected chi connectivity index (χ0v) is 19.5. The Balaban J connectivity index is 1.71. The molecule has 4 rings (SSSR count). The minimum absolute atomic E-state index is 0.00232. The van der Waals surface area contributed by atoms with Crippen LogP contribution in [0.15, 0.2) is 42.5 Å². The van der Waals surface area contributed by atoms with E-state index in [2.05, 4.69) is 6.07 Å². The fraction of sp³-hybridized carbons (Fsp3) is 0.462. The molecule has 0 bridgehead atoms. The number of ether oxygens (including phenoxy) is 2. The molecule has 2 aliphatic heterocycles. The van der Waals surface area contributed by atoms with Crippen molar-refractivity contribution in [1.82, 2.24) is 9.80 Å². The maximum atomic E-state index is 12.9. The highest BCUT2D eigenvalue weighted by molar-refractivity contribution is 5.79. The lowest BCUT2D eigenvalue weighted by molar-refractivity contribution is -0.143. The van der Waals surface area contributed by atoms with Crippen molar-refractivity contribution in [2.24, 2.45) is 5.92 Å². The monoisotopic (exact) mass is 452 g/mol. The van der Waals surface area contributed by atoms with Crippen LogP contribution in [0, 0.1) is 5.92 Å². The number of aliphatic carboxylic acids is 1. The molecule has 0 spiro atoms. The Morgan fingerprint density at radius 3 is 2.58 bits per heavy atom. The van der Waals surface area contributed by atoms with Crippen LogP contribution in [0.2, 0.25) is 0 Å². The third-order valence-corrected chi connectivity index (χ3v) is 6.81. The number of likely N-dealkylation sites (tertiary alicyclic amines) is 1. The van der Waals surface area contributed by atoms with Gasteiger partial charge < -0.3 is 19.5 Å². The first-order valence-corrected chi connectivity index (χ1v) is 11.5. The van der Waals surface area contributed by atoms with Crippen molar-refractivity contribution in [3.8, 4) is 11.5 Å². The highest BCUT2D eigenvalue weighted by atomic mass is 16.5. The Morgan fingerprint density at radius 1 is 1.18 bits per heavy atom. The molecule has 1 amide bonds. The number of fused-ring (bicyclic) bond motifs is 1. The summed E-state index contributed by atoms with van der Waals surface area (Å²) in [6.07, 6.45) is 1.71. The smallest absolute Gasteiger partial charge is 0.309 e. The van der Waals surface area contributed by atoms with E-state index in [0.717, 1.165) is 35.3 Å². The number of carbonyl (C=O) groups is 2. The van der Waals surface area contributed by atoms with Crippen LogP contribution in [0.1, 0.15) is 42.0 Å². The quantitative estimate of drug-likeness (QED) is 0.662. The molecule has 176 valence electrons. The largest absolute Gasteiger partial charge is 0.497 e. The van der Waals surface area contributed by atoms with Crippen molar-refractivity contribution in [1.29, 1.82) is 0 Å². The Kier molecular flexibility index (Phi) is 6.88. The van der Waals surface area contributed by atoms with Gasteiger partial charge in [0.15, 0.2) is 0 Å². The second-order valence-electron chi connectivity index (χ2n) is 8.90. The summed E-state index contributed by atoms with van der Waals surface area (Å²) in [4.78, 5) is 29.3. The molecular formula is C26H32N2O5. The van der Waals surface area contributed by atoms with Gasteiger partial charge in [0.25, 0.3) is 0 Å². The van der Waals surface area contributed by atoms with Gasteiger partial charge in [-0.3, -0.25) is 14.5 Å². The fourth-order valence-electron chi connectivity index (χ4n) is 5.12. The highest BCUT2D eigenvalue weighted by Crippen LogP contribution is 2.47. The van der Waals surface area contributed by atoms with Gasteiger partial charge in [-0.2, -0.15) is 0 Å². The number of hydrogen-bond acceptors (Lipinski definition) is 5. The summed E-state index contributed by atoms with van der Waals surface area (Å²) in [5.74, 6) is -0.169. The third kappa shape index (κ3) is 4.69. The molecule has 1 fully saturated rings. The fourth-order valence-corrected chi connectivity index (χ4v) is 5.12. The van der Waals surface area contributed by atoms with Gasteiger partial charge in [-0.25, -0.2) is 0 Å². The van der Waals surface area contributed by atoms with Gasteiger partial charge in [-0.15, -0.1) is 0 Å². The molecule has 2 aromatic rings. The van der Waals surface area contributed by atoms with Gasteiger partial charge >= 0.3 is 5.97 Å². The van der Waals surface area contributed by atoms with Gasteiger partial charge in [0.1, 0.15) is 11.5 Å². The van der Waals surface area contributed by atoms with E-state index in [1.807, 2.05) is 48.2 Å². The van der Waals surface area contributed by atoms with Crippen LogP contribution in [0.4, 0.5) is 0 Å². The van der Waals surface area contributed by atoms with E-state index < -0.39 is 17.9 Å². The average molecular weight is 453 g/mol. The molecule has 1 saturated heterocycles. The second kappa shape index (κ2) is 9.83. The second-order valence-corrected chi connectivity index (χ2v) is 8.90. The number of hydrogen-bond donors (Lipinski definition) is 1. The van der Waals surface area contributed by atoms with Gasteiger partial charge in [-0.05, 0) is 41.3 Å². The summed E-state index contributed by atoms with van der Waals surface area (Å²) in [7, 11) is 3.41. The van der Waals surface area contributed by atoms with Crippen molar-refractivity contribution >= 4 is 11.9 Å². The number of carboxylic acids is 1. The zero-order chi connectivity index (χ0) is 23.5. The maximum Gasteiger partial charge on any atom is 0.309 e. The molecule has 33 heavy (non-hydrogen) atoms.